The fraction of sp³-hybridized carbons (Fsp3) is 0.308. The van der Waals surface area contributed by atoms with E-state index in [9.17, 15) is 19.5 Å². The molecular weight excluding hydrogens is 703 g/mol. The number of ether oxygens (including phenoxy) is 1. The largest absolute Gasteiger partial charge is 0.481 e. The zero-order chi connectivity index (χ0) is 36.4. The standard InChI is InChI=1S/C39H38Cl2N6O5/c1-52-37-24(18-42-20-27-11-13-34(48)44-27)10-12-32(45-37)31-9-3-8-30(36(31)41)29-7-2-6-28(35(29)40)23-14-16-47-33(17-23)43-19-26(38(47)49)22-46-15-4-5-25(21-46)39(50)51/h2-3,6-10,12,14,16-17,19,25,27,42H,4-5,11,13,15,18,20-22H2,1H3,(H,44,48)(H,50,51)/t25-,27+/m0/s1. The normalized spacial score (nSPS) is 17.7. The van der Waals surface area contributed by atoms with Crippen LogP contribution in [-0.4, -0.2) is 69.0 Å². The fourth-order valence-corrected chi connectivity index (χ4v) is 7.74. The van der Waals surface area contributed by atoms with Gasteiger partial charge in [0.25, 0.3) is 5.56 Å². The van der Waals surface area contributed by atoms with E-state index in [-0.39, 0.29) is 17.5 Å². The van der Waals surface area contributed by atoms with Crippen LogP contribution in [0.25, 0.3) is 39.2 Å². The minimum absolute atomic E-state index is 0.0882. The van der Waals surface area contributed by atoms with Gasteiger partial charge in [0.05, 0.1) is 34.3 Å². The number of nitrogens with zero attached hydrogens (tertiary/aromatic N) is 4. The highest BCUT2D eigenvalue weighted by molar-refractivity contribution is 6.39. The van der Waals surface area contributed by atoms with Gasteiger partial charge in [-0.05, 0) is 49.6 Å². The average Bonchev–Trinajstić information content (AvgIpc) is 3.57. The molecule has 3 aromatic heterocycles. The number of hydrogen-bond donors (Lipinski definition) is 3. The summed E-state index contributed by atoms with van der Waals surface area (Å²) in [7, 11) is 1.58. The molecule has 11 nitrogen and oxygen atoms in total. The molecule has 0 saturated carbocycles. The molecule has 13 heteroatoms. The lowest BCUT2D eigenvalue weighted by molar-refractivity contribution is -0.143. The molecule has 5 heterocycles. The molecule has 2 saturated heterocycles. The van der Waals surface area contributed by atoms with Crippen LogP contribution in [-0.2, 0) is 22.7 Å². The maximum Gasteiger partial charge on any atom is 0.307 e. The zero-order valence-electron chi connectivity index (χ0n) is 28.6. The van der Waals surface area contributed by atoms with Crippen molar-refractivity contribution in [2.24, 2.45) is 5.92 Å². The van der Waals surface area contributed by atoms with Crippen molar-refractivity contribution in [1.82, 2.24) is 29.9 Å². The van der Waals surface area contributed by atoms with Gasteiger partial charge in [-0.2, -0.15) is 0 Å². The molecule has 2 atom stereocenters. The van der Waals surface area contributed by atoms with E-state index in [1.165, 1.54) is 4.40 Å². The highest BCUT2D eigenvalue weighted by Gasteiger charge is 2.26. The first-order chi connectivity index (χ1) is 25.2. The van der Waals surface area contributed by atoms with E-state index in [0.29, 0.717) is 71.9 Å². The number of pyridine rings is 2. The number of rotatable bonds is 11. The molecule has 0 radical (unpaired) electrons. The molecule has 52 heavy (non-hydrogen) atoms. The average molecular weight is 742 g/mol. The maximum absolute atomic E-state index is 13.4. The summed E-state index contributed by atoms with van der Waals surface area (Å²) in [6.45, 7) is 2.70. The Labute approximate surface area is 310 Å². The van der Waals surface area contributed by atoms with Crippen LogP contribution in [0.5, 0.6) is 5.88 Å². The number of hydrogen-bond acceptors (Lipinski definition) is 8. The third kappa shape index (κ3) is 7.40. The van der Waals surface area contributed by atoms with E-state index in [1.807, 2.05) is 65.6 Å². The molecule has 2 fully saturated rings. The number of amides is 1. The molecule has 7 rings (SSSR count). The molecule has 0 spiro atoms. The van der Waals surface area contributed by atoms with Crippen molar-refractivity contribution in [3.05, 3.63) is 105 Å². The Morgan fingerprint density at radius 1 is 1.00 bits per heavy atom. The number of halogens is 2. The molecular formula is C39H38Cl2N6O5. The number of likely N-dealkylation sites (tertiary alicyclic amines) is 1. The number of carboxylic acids is 1. The second-order valence-electron chi connectivity index (χ2n) is 13.3. The van der Waals surface area contributed by atoms with Gasteiger partial charge in [0.2, 0.25) is 11.8 Å². The number of aliphatic carboxylic acids is 1. The van der Waals surface area contributed by atoms with Crippen LogP contribution in [0.2, 0.25) is 10.0 Å². The Bertz CT molecular complexity index is 2230. The maximum atomic E-state index is 13.4. The Balaban J connectivity index is 1.12. The molecule has 0 aliphatic carbocycles. The van der Waals surface area contributed by atoms with Crippen molar-refractivity contribution < 1.29 is 19.4 Å². The second kappa shape index (κ2) is 15.4. The lowest BCUT2D eigenvalue weighted by atomic mass is 9.97. The monoisotopic (exact) mass is 740 g/mol. The summed E-state index contributed by atoms with van der Waals surface area (Å²) in [5, 5.41) is 16.8. The number of aromatic nitrogens is 3. The molecule has 2 aliphatic rings. The van der Waals surface area contributed by atoms with E-state index in [0.717, 1.165) is 52.8 Å². The Hall–Kier alpha value is -4.81. The van der Waals surface area contributed by atoms with Gasteiger partial charge in [-0.25, -0.2) is 9.97 Å². The second-order valence-corrected chi connectivity index (χ2v) is 14.0. The summed E-state index contributed by atoms with van der Waals surface area (Å²) in [4.78, 5) is 47.9. The van der Waals surface area contributed by atoms with Gasteiger partial charge in [-0.15, -0.1) is 0 Å². The van der Waals surface area contributed by atoms with Crippen LogP contribution in [0, 0.1) is 5.92 Å². The third-order valence-corrected chi connectivity index (χ3v) is 10.6. The number of nitrogens with one attached hydrogen (secondary N) is 2. The van der Waals surface area contributed by atoms with Gasteiger partial charge >= 0.3 is 5.97 Å². The van der Waals surface area contributed by atoms with Crippen LogP contribution in [0.1, 0.15) is 36.8 Å². The van der Waals surface area contributed by atoms with Crippen molar-refractivity contribution in [3.8, 4) is 39.4 Å². The van der Waals surface area contributed by atoms with Gasteiger partial charge in [0, 0.05) is 78.9 Å². The molecule has 0 bridgehead atoms. The summed E-state index contributed by atoms with van der Waals surface area (Å²) in [6.07, 6.45) is 6.09. The van der Waals surface area contributed by atoms with E-state index < -0.39 is 11.9 Å². The summed E-state index contributed by atoms with van der Waals surface area (Å²) in [5.74, 6) is -0.656. The van der Waals surface area contributed by atoms with Crippen LogP contribution in [0.3, 0.4) is 0 Å². The quantitative estimate of drug-likeness (QED) is 0.147. The van der Waals surface area contributed by atoms with Crippen molar-refractivity contribution in [2.45, 2.75) is 44.8 Å². The van der Waals surface area contributed by atoms with Gasteiger partial charge in [-0.3, -0.25) is 23.7 Å². The molecule has 3 N–H and O–H groups in total. The number of piperidine rings is 1. The predicted molar refractivity (Wildman–Crippen MR) is 201 cm³/mol. The molecule has 268 valence electrons. The minimum Gasteiger partial charge on any atom is -0.481 e. The molecule has 5 aromatic rings. The fourth-order valence-electron chi connectivity index (χ4n) is 7.07. The highest BCUT2D eigenvalue weighted by atomic mass is 35.5. The van der Waals surface area contributed by atoms with Crippen LogP contribution in [0.15, 0.2) is 77.9 Å². The van der Waals surface area contributed by atoms with Crippen LogP contribution in [0.4, 0.5) is 0 Å². The van der Waals surface area contributed by atoms with E-state index in [2.05, 4.69) is 15.6 Å². The molecule has 1 amide bonds. The van der Waals surface area contributed by atoms with Crippen molar-refractivity contribution in [2.75, 3.05) is 26.7 Å². The number of fused-ring (bicyclic) bond motifs is 1. The highest BCUT2D eigenvalue weighted by Crippen LogP contribution is 2.42. The van der Waals surface area contributed by atoms with E-state index in [4.69, 9.17) is 32.9 Å². The smallest absolute Gasteiger partial charge is 0.307 e. The number of methoxy groups -OCH3 is 1. The van der Waals surface area contributed by atoms with Crippen molar-refractivity contribution >= 4 is 40.7 Å². The molecule has 2 aliphatic heterocycles. The molecule has 0 unspecified atom stereocenters. The summed E-state index contributed by atoms with van der Waals surface area (Å²) >= 11 is 14.2. The number of carbonyl (C=O) groups excluding carboxylic acids is 1. The van der Waals surface area contributed by atoms with Gasteiger partial charge < -0.3 is 20.5 Å². The third-order valence-electron chi connectivity index (χ3n) is 9.83. The number of carbonyl (C=O) groups is 2. The van der Waals surface area contributed by atoms with Gasteiger partial charge in [0.15, 0.2) is 0 Å². The predicted octanol–water partition coefficient (Wildman–Crippen LogP) is 6.07. The first-order valence-electron chi connectivity index (χ1n) is 17.3. The van der Waals surface area contributed by atoms with E-state index >= 15 is 0 Å². The molecule has 2 aromatic carbocycles. The first-order valence-corrected chi connectivity index (χ1v) is 18.0. The number of carboxylic acid groups (broad SMARTS) is 1. The number of benzene rings is 2. The minimum atomic E-state index is -0.802. The van der Waals surface area contributed by atoms with E-state index in [1.54, 1.807) is 19.5 Å². The Kier molecular flexibility index (Phi) is 10.6. The Morgan fingerprint density at radius 3 is 2.48 bits per heavy atom. The van der Waals surface area contributed by atoms with Crippen molar-refractivity contribution in [3.63, 3.8) is 0 Å². The summed E-state index contributed by atoms with van der Waals surface area (Å²) in [6, 6.07) is 19.1. The lowest BCUT2D eigenvalue weighted by Crippen LogP contribution is -2.39. The topological polar surface area (TPSA) is 138 Å². The SMILES string of the molecule is COc1nc(-c2cccc(-c3cccc(-c4ccn5c(=O)c(CN6CCC[C@H](C(=O)O)C6)cnc5c4)c3Cl)c2Cl)ccc1CNC[C@H]1CCC(=O)N1. The first kappa shape index (κ1) is 35.6. The Morgan fingerprint density at radius 2 is 1.75 bits per heavy atom. The summed E-state index contributed by atoms with van der Waals surface area (Å²) < 4.78 is 7.15. The summed E-state index contributed by atoms with van der Waals surface area (Å²) in [5.41, 5.74) is 6.06. The van der Waals surface area contributed by atoms with Gasteiger partial charge in [-0.1, -0.05) is 65.7 Å². The van der Waals surface area contributed by atoms with Crippen molar-refractivity contribution in [1.29, 1.82) is 0 Å². The van der Waals surface area contributed by atoms with Crippen LogP contribution >= 0.6 is 23.2 Å². The van der Waals surface area contributed by atoms with Crippen LogP contribution < -0.4 is 20.9 Å². The lowest BCUT2D eigenvalue weighted by Gasteiger charge is -2.30. The van der Waals surface area contributed by atoms with Gasteiger partial charge in [0.1, 0.15) is 5.65 Å². The zero-order valence-corrected chi connectivity index (χ0v) is 30.1.